The molecular formula is C15H15F2N3O. The molecule has 3 N–H and O–H groups in total. The Labute approximate surface area is 120 Å². The summed E-state index contributed by atoms with van der Waals surface area (Å²) in [6.45, 7) is 0.120. The predicted molar refractivity (Wildman–Crippen MR) is 74.5 cm³/mol. The minimum Gasteiger partial charge on any atom is -0.397 e. The van der Waals surface area contributed by atoms with E-state index in [4.69, 9.17) is 5.73 Å². The number of nitrogens with zero attached hydrogens (tertiary/aromatic N) is 1. The molecule has 0 saturated heterocycles. The minimum atomic E-state index is -0.639. The first kappa shape index (κ1) is 13.6. The Morgan fingerprint density at radius 2 is 2.10 bits per heavy atom. The van der Waals surface area contributed by atoms with Crippen molar-refractivity contribution in [2.45, 2.75) is 25.4 Å². The van der Waals surface area contributed by atoms with Crippen LogP contribution >= 0.6 is 0 Å². The van der Waals surface area contributed by atoms with Crippen molar-refractivity contribution in [2.24, 2.45) is 0 Å². The van der Waals surface area contributed by atoms with Crippen LogP contribution < -0.4 is 5.73 Å². The van der Waals surface area contributed by atoms with E-state index in [1.165, 1.54) is 18.3 Å². The molecule has 3 rings (SSSR count). The first-order valence-electron chi connectivity index (χ1n) is 6.73. The van der Waals surface area contributed by atoms with Crippen LogP contribution in [0, 0.1) is 11.6 Å². The Bertz CT molecular complexity index is 679. The van der Waals surface area contributed by atoms with Crippen molar-refractivity contribution in [2.75, 3.05) is 5.73 Å². The Morgan fingerprint density at radius 3 is 2.67 bits per heavy atom. The largest absolute Gasteiger partial charge is 0.397 e. The number of rotatable bonds is 4. The topological polar surface area (TPSA) is 62.1 Å². The van der Waals surface area contributed by atoms with Crippen LogP contribution in [0.4, 0.5) is 14.5 Å². The maximum Gasteiger partial charge on any atom is 0.270 e. The summed E-state index contributed by atoms with van der Waals surface area (Å²) in [5, 5.41) is 0. The number of nitrogen functional groups attached to an aromatic ring is 1. The van der Waals surface area contributed by atoms with Gasteiger partial charge in [-0.2, -0.15) is 0 Å². The zero-order valence-electron chi connectivity index (χ0n) is 11.3. The number of hydrogen-bond acceptors (Lipinski definition) is 2. The average Bonchev–Trinajstić information content (AvgIpc) is 3.18. The number of nitrogens with one attached hydrogen (secondary N) is 1. The molecule has 21 heavy (non-hydrogen) atoms. The van der Waals surface area contributed by atoms with Gasteiger partial charge in [0.05, 0.1) is 0 Å². The number of benzene rings is 1. The molecule has 1 heterocycles. The maximum atomic E-state index is 13.8. The van der Waals surface area contributed by atoms with Gasteiger partial charge >= 0.3 is 0 Å². The minimum absolute atomic E-state index is 0.103. The Hall–Kier alpha value is -2.37. The molecule has 0 aliphatic heterocycles. The molecular weight excluding hydrogens is 276 g/mol. The number of anilines is 1. The molecule has 6 heteroatoms. The number of hydrogen-bond donors (Lipinski definition) is 2. The molecule has 0 radical (unpaired) electrons. The summed E-state index contributed by atoms with van der Waals surface area (Å²) in [6, 6.07) is 5.05. The molecule has 2 aromatic rings. The van der Waals surface area contributed by atoms with E-state index in [0.717, 1.165) is 18.9 Å². The third-order valence-corrected chi connectivity index (χ3v) is 3.54. The highest BCUT2D eigenvalue weighted by molar-refractivity contribution is 5.93. The number of aromatic nitrogens is 1. The summed E-state index contributed by atoms with van der Waals surface area (Å²) in [5.74, 6) is -1.49. The molecule has 0 atom stereocenters. The second-order valence-corrected chi connectivity index (χ2v) is 5.25. The number of H-pyrrole nitrogens is 1. The van der Waals surface area contributed by atoms with Crippen molar-refractivity contribution in [3.63, 3.8) is 0 Å². The van der Waals surface area contributed by atoms with Gasteiger partial charge in [0.1, 0.15) is 17.3 Å². The van der Waals surface area contributed by atoms with Crippen LogP contribution in [0.3, 0.4) is 0 Å². The number of carbonyl (C=O) groups excluding carboxylic acids is 1. The summed E-state index contributed by atoms with van der Waals surface area (Å²) in [5.41, 5.74) is 6.75. The molecule has 1 aromatic carbocycles. The second kappa shape index (κ2) is 5.20. The first-order valence-corrected chi connectivity index (χ1v) is 6.73. The van der Waals surface area contributed by atoms with E-state index in [0.29, 0.717) is 16.9 Å². The highest BCUT2D eigenvalue weighted by Gasteiger charge is 2.34. The molecule has 0 unspecified atom stereocenters. The molecule has 1 fully saturated rings. The van der Waals surface area contributed by atoms with Crippen molar-refractivity contribution >= 4 is 11.6 Å². The van der Waals surface area contributed by atoms with Gasteiger partial charge in [-0.1, -0.05) is 6.07 Å². The number of aromatic amines is 1. The molecule has 4 nitrogen and oxygen atoms in total. The van der Waals surface area contributed by atoms with Gasteiger partial charge < -0.3 is 15.6 Å². The van der Waals surface area contributed by atoms with Gasteiger partial charge in [0, 0.05) is 36.1 Å². The number of amides is 1. The molecule has 1 amide bonds. The van der Waals surface area contributed by atoms with Gasteiger partial charge in [-0.3, -0.25) is 4.79 Å². The first-order chi connectivity index (χ1) is 10.0. The van der Waals surface area contributed by atoms with Gasteiger partial charge in [-0.25, -0.2) is 8.78 Å². The lowest BCUT2D eigenvalue weighted by atomic mass is 10.2. The SMILES string of the molecule is Nc1c[nH]c(C(=O)N(Cc2ccc(F)cc2F)C2CC2)c1. The van der Waals surface area contributed by atoms with Gasteiger partial charge in [0.15, 0.2) is 0 Å². The Morgan fingerprint density at radius 1 is 1.33 bits per heavy atom. The maximum absolute atomic E-state index is 13.8. The van der Waals surface area contributed by atoms with E-state index >= 15 is 0 Å². The van der Waals surface area contributed by atoms with Crippen LogP contribution in [-0.4, -0.2) is 21.8 Å². The molecule has 0 spiro atoms. The van der Waals surface area contributed by atoms with Gasteiger partial charge in [-0.15, -0.1) is 0 Å². The predicted octanol–water partition coefficient (Wildman–Crippen LogP) is 2.68. The zero-order valence-corrected chi connectivity index (χ0v) is 11.3. The van der Waals surface area contributed by atoms with E-state index in [2.05, 4.69) is 4.98 Å². The van der Waals surface area contributed by atoms with Crippen LogP contribution in [0.25, 0.3) is 0 Å². The second-order valence-electron chi connectivity index (χ2n) is 5.25. The fourth-order valence-corrected chi connectivity index (χ4v) is 2.28. The fourth-order valence-electron chi connectivity index (χ4n) is 2.28. The van der Waals surface area contributed by atoms with E-state index < -0.39 is 11.6 Å². The fraction of sp³-hybridized carbons (Fsp3) is 0.267. The normalized spacial score (nSPS) is 14.2. The lowest BCUT2D eigenvalue weighted by molar-refractivity contribution is 0.0723. The summed E-state index contributed by atoms with van der Waals surface area (Å²) < 4.78 is 26.7. The number of carbonyl (C=O) groups is 1. The van der Waals surface area contributed by atoms with Crippen molar-refractivity contribution < 1.29 is 13.6 Å². The van der Waals surface area contributed by atoms with Crippen molar-refractivity contribution in [1.82, 2.24) is 9.88 Å². The highest BCUT2D eigenvalue weighted by atomic mass is 19.1. The van der Waals surface area contributed by atoms with Crippen LogP contribution in [0.5, 0.6) is 0 Å². The summed E-state index contributed by atoms with van der Waals surface area (Å²) in [4.78, 5) is 16.9. The average molecular weight is 291 g/mol. The molecule has 1 saturated carbocycles. The number of halogens is 2. The third kappa shape index (κ3) is 2.89. The van der Waals surface area contributed by atoms with Gasteiger partial charge in [-0.05, 0) is 25.0 Å². The lowest BCUT2D eigenvalue weighted by Crippen LogP contribution is -2.33. The van der Waals surface area contributed by atoms with Crippen LogP contribution in [-0.2, 0) is 6.54 Å². The quantitative estimate of drug-likeness (QED) is 0.909. The summed E-state index contributed by atoms with van der Waals surface area (Å²) in [6.07, 6.45) is 3.33. The van der Waals surface area contributed by atoms with Crippen molar-refractivity contribution in [3.8, 4) is 0 Å². The van der Waals surface area contributed by atoms with E-state index in [9.17, 15) is 13.6 Å². The van der Waals surface area contributed by atoms with Crippen LogP contribution in [0.2, 0.25) is 0 Å². The smallest absolute Gasteiger partial charge is 0.270 e. The van der Waals surface area contributed by atoms with Gasteiger partial charge in [0.25, 0.3) is 5.91 Å². The standard InChI is InChI=1S/C15H15F2N3O/c16-10-2-1-9(13(17)5-10)8-20(12-3-4-12)15(21)14-6-11(18)7-19-14/h1-2,5-7,12,19H,3-4,8,18H2. The lowest BCUT2D eigenvalue weighted by Gasteiger charge is -2.22. The summed E-state index contributed by atoms with van der Waals surface area (Å²) >= 11 is 0. The zero-order chi connectivity index (χ0) is 15.0. The van der Waals surface area contributed by atoms with Crippen LogP contribution in [0.15, 0.2) is 30.5 Å². The monoisotopic (exact) mass is 291 g/mol. The van der Waals surface area contributed by atoms with E-state index in [1.807, 2.05) is 0 Å². The van der Waals surface area contributed by atoms with Gasteiger partial charge in [0.2, 0.25) is 0 Å². The molecule has 0 bridgehead atoms. The molecule has 110 valence electrons. The van der Waals surface area contributed by atoms with E-state index in [-0.39, 0.29) is 18.5 Å². The van der Waals surface area contributed by atoms with Crippen molar-refractivity contribution in [1.29, 1.82) is 0 Å². The van der Waals surface area contributed by atoms with Crippen LogP contribution in [0.1, 0.15) is 28.9 Å². The molecule has 1 aliphatic carbocycles. The Kier molecular flexibility index (Phi) is 3.37. The summed E-state index contributed by atoms with van der Waals surface area (Å²) in [7, 11) is 0. The van der Waals surface area contributed by atoms with E-state index in [1.54, 1.807) is 11.0 Å². The third-order valence-electron chi connectivity index (χ3n) is 3.54. The van der Waals surface area contributed by atoms with Crippen molar-refractivity contribution in [3.05, 3.63) is 53.4 Å². The highest BCUT2D eigenvalue weighted by Crippen LogP contribution is 2.30. The molecule has 1 aromatic heterocycles. The number of nitrogens with two attached hydrogens (primary N) is 1. The molecule has 1 aliphatic rings. The Balaban J connectivity index is 1.83.